The van der Waals surface area contributed by atoms with E-state index >= 15 is 0 Å². The van der Waals surface area contributed by atoms with Crippen LogP contribution in [0.2, 0.25) is 0 Å². The van der Waals surface area contributed by atoms with Gasteiger partial charge in [-0.15, -0.1) is 23.1 Å². The van der Waals surface area contributed by atoms with E-state index in [1.165, 1.54) is 17.1 Å². The largest absolute Gasteiger partial charge is 0.512 e. The lowest BCUT2D eigenvalue weighted by molar-refractivity contribution is -0.148. The number of β-lactam (4-membered cyclic amide) rings is 1. The molecule has 1 fully saturated rings. The number of rotatable bonds is 6. The van der Waals surface area contributed by atoms with Crippen LogP contribution in [0.1, 0.15) is 5.69 Å². The topological polar surface area (TPSA) is 187 Å². The highest BCUT2D eigenvalue weighted by atomic mass is 35.5. The second kappa shape index (κ2) is 9.21. The van der Waals surface area contributed by atoms with Gasteiger partial charge in [0.1, 0.15) is 22.5 Å². The van der Waals surface area contributed by atoms with Crippen molar-refractivity contribution < 1.29 is 33.8 Å². The quantitative estimate of drug-likeness (QED) is 0.247. The second-order valence-electron chi connectivity index (χ2n) is 5.95. The predicted octanol–water partition coefficient (Wildman–Crippen LogP) is 1.27. The standard InChI is InChI=1S/C15H13Cl2N5O7S2/c16-8(17)6(5-3-31-13(18)20-5)9(23)21-7-10(24)22-11(29-15(26)27)4(1-28-14(19)25)2-30-12(7)22/h3,7,12H,1-2H2,(H2,18,20)(H2,19,25)(H,21,23)(H,26,27)/t7?,12-/m0/s1. The third-order valence-corrected chi connectivity index (χ3v) is 6.44. The number of carbonyl (C=O) groups is 4. The summed E-state index contributed by atoms with van der Waals surface area (Å²) in [6, 6.07) is -1.03. The van der Waals surface area contributed by atoms with Crippen molar-refractivity contribution in [2.24, 2.45) is 5.73 Å². The Labute approximate surface area is 192 Å². The van der Waals surface area contributed by atoms with E-state index in [0.29, 0.717) is 0 Å². The van der Waals surface area contributed by atoms with Crippen molar-refractivity contribution in [3.05, 3.63) is 27.0 Å². The Balaban J connectivity index is 1.79. The van der Waals surface area contributed by atoms with Crippen molar-refractivity contribution in [1.82, 2.24) is 15.2 Å². The Bertz CT molecular complexity index is 1020. The number of anilines is 1. The Hall–Kier alpha value is -2.68. The molecule has 0 aromatic carbocycles. The van der Waals surface area contributed by atoms with Crippen molar-refractivity contribution in [2.75, 3.05) is 18.1 Å². The molecular formula is C15H13Cl2N5O7S2. The van der Waals surface area contributed by atoms with Gasteiger partial charge in [0.2, 0.25) is 5.88 Å². The average molecular weight is 510 g/mol. The number of carboxylic acid groups (broad SMARTS) is 1. The number of aromatic nitrogens is 1. The van der Waals surface area contributed by atoms with Crippen LogP contribution in [0.25, 0.3) is 5.57 Å². The summed E-state index contributed by atoms with van der Waals surface area (Å²) in [5.74, 6) is -1.57. The molecule has 0 saturated carbocycles. The van der Waals surface area contributed by atoms with Crippen molar-refractivity contribution >= 4 is 81.1 Å². The van der Waals surface area contributed by atoms with Gasteiger partial charge >= 0.3 is 12.2 Å². The van der Waals surface area contributed by atoms with Gasteiger partial charge < -0.3 is 31.4 Å². The number of nitrogens with one attached hydrogen (secondary N) is 1. The van der Waals surface area contributed by atoms with Crippen LogP contribution in [0.5, 0.6) is 0 Å². The van der Waals surface area contributed by atoms with Crippen molar-refractivity contribution in [2.45, 2.75) is 11.4 Å². The van der Waals surface area contributed by atoms with E-state index in [9.17, 15) is 19.2 Å². The normalized spacial score (nSPS) is 19.8. The smallest absolute Gasteiger partial charge is 0.449 e. The average Bonchev–Trinajstić information content (AvgIpc) is 3.09. The number of thiazole rings is 1. The minimum Gasteiger partial charge on any atom is -0.449 e. The van der Waals surface area contributed by atoms with E-state index in [1.807, 2.05) is 0 Å². The first-order valence-corrected chi connectivity index (χ1v) is 10.9. The zero-order chi connectivity index (χ0) is 22.9. The van der Waals surface area contributed by atoms with Crippen LogP contribution in [0.4, 0.5) is 14.7 Å². The van der Waals surface area contributed by atoms with Gasteiger partial charge in [0, 0.05) is 16.7 Å². The van der Waals surface area contributed by atoms with E-state index in [-0.39, 0.29) is 44.7 Å². The molecule has 6 N–H and O–H groups in total. The molecule has 3 heterocycles. The molecule has 0 bridgehead atoms. The first-order chi connectivity index (χ1) is 14.6. The molecule has 3 amide bonds. The number of carbonyl (C=O) groups excluding carboxylic acids is 3. The minimum absolute atomic E-state index is 0.139. The summed E-state index contributed by atoms with van der Waals surface area (Å²) < 4.78 is 9.02. The zero-order valence-corrected chi connectivity index (χ0v) is 18.3. The Kier molecular flexibility index (Phi) is 6.83. The number of ether oxygens (including phenoxy) is 2. The van der Waals surface area contributed by atoms with Gasteiger partial charge in [0.15, 0.2) is 5.13 Å². The van der Waals surface area contributed by atoms with Crippen LogP contribution in [0.3, 0.4) is 0 Å². The van der Waals surface area contributed by atoms with Crippen LogP contribution >= 0.6 is 46.3 Å². The molecule has 2 aliphatic heterocycles. The molecule has 16 heteroatoms. The maximum atomic E-state index is 12.7. The summed E-state index contributed by atoms with van der Waals surface area (Å²) in [6.45, 7) is -0.363. The molecule has 1 aromatic rings. The maximum Gasteiger partial charge on any atom is 0.512 e. The predicted molar refractivity (Wildman–Crippen MR) is 112 cm³/mol. The van der Waals surface area contributed by atoms with Gasteiger partial charge in [0.25, 0.3) is 11.8 Å². The van der Waals surface area contributed by atoms with E-state index in [2.05, 4.69) is 15.0 Å². The van der Waals surface area contributed by atoms with E-state index in [1.54, 1.807) is 0 Å². The zero-order valence-electron chi connectivity index (χ0n) is 15.2. The van der Waals surface area contributed by atoms with Crippen molar-refractivity contribution in [1.29, 1.82) is 0 Å². The number of hydrogen-bond acceptors (Lipinski definition) is 10. The van der Waals surface area contributed by atoms with E-state index in [0.717, 1.165) is 16.2 Å². The van der Waals surface area contributed by atoms with Crippen LogP contribution < -0.4 is 16.8 Å². The summed E-state index contributed by atoms with van der Waals surface area (Å²) in [5.41, 5.74) is 10.7. The Morgan fingerprint density at radius 2 is 2.10 bits per heavy atom. The van der Waals surface area contributed by atoms with Gasteiger partial charge in [-0.05, 0) is 0 Å². The molecule has 12 nitrogen and oxygen atoms in total. The van der Waals surface area contributed by atoms with Crippen LogP contribution in [-0.2, 0) is 19.1 Å². The van der Waals surface area contributed by atoms with Gasteiger partial charge in [-0.25, -0.2) is 14.6 Å². The highest BCUT2D eigenvalue weighted by molar-refractivity contribution is 8.00. The number of halogens is 2. The van der Waals surface area contributed by atoms with Gasteiger partial charge in [-0.3, -0.25) is 14.5 Å². The lowest BCUT2D eigenvalue weighted by atomic mass is 10.1. The third kappa shape index (κ3) is 4.81. The fraction of sp³-hybridized carbons (Fsp3) is 0.267. The fourth-order valence-corrected chi connectivity index (χ4v) is 5.01. The number of thioether (sulfide) groups is 1. The molecule has 1 unspecified atom stereocenters. The molecule has 1 saturated heterocycles. The van der Waals surface area contributed by atoms with E-state index < -0.39 is 35.5 Å². The Morgan fingerprint density at radius 3 is 2.65 bits per heavy atom. The number of hydrogen-bond donors (Lipinski definition) is 4. The number of nitrogens with two attached hydrogens (primary N) is 2. The van der Waals surface area contributed by atoms with Crippen molar-refractivity contribution in [3.8, 4) is 0 Å². The number of amides is 3. The fourth-order valence-electron chi connectivity index (χ4n) is 2.78. The molecule has 2 atom stereocenters. The molecule has 0 radical (unpaired) electrons. The van der Waals surface area contributed by atoms with Crippen LogP contribution in [0.15, 0.2) is 21.3 Å². The molecule has 0 spiro atoms. The molecule has 0 aliphatic carbocycles. The Morgan fingerprint density at radius 1 is 1.39 bits per heavy atom. The van der Waals surface area contributed by atoms with Crippen LogP contribution in [-0.4, -0.2) is 62.8 Å². The molecule has 3 rings (SSSR count). The second-order valence-corrected chi connectivity index (χ2v) is 8.90. The summed E-state index contributed by atoms with van der Waals surface area (Å²) in [5, 5.41) is 12.5. The number of primary amides is 1. The van der Waals surface area contributed by atoms with E-state index in [4.69, 9.17) is 44.5 Å². The molecule has 2 aliphatic rings. The van der Waals surface area contributed by atoms with Gasteiger partial charge in [0.05, 0.1) is 11.3 Å². The monoisotopic (exact) mass is 509 g/mol. The highest BCUT2D eigenvalue weighted by Gasteiger charge is 2.54. The number of fused-ring (bicyclic) bond motifs is 1. The number of nitrogens with zero attached hydrogens (tertiary/aromatic N) is 2. The lowest BCUT2D eigenvalue weighted by Crippen LogP contribution is -2.70. The van der Waals surface area contributed by atoms with Crippen LogP contribution in [0, 0.1) is 0 Å². The number of nitrogen functional groups attached to an aromatic ring is 1. The first kappa shape index (κ1) is 23.0. The summed E-state index contributed by atoms with van der Waals surface area (Å²) in [7, 11) is 0. The highest BCUT2D eigenvalue weighted by Crippen LogP contribution is 2.41. The first-order valence-electron chi connectivity index (χ1n) is 8.17. The summed E-state index contributed by atoms with van der Waals surface area (Å²) in [4.78, 5) is 52.3. The summed E-state index contributed by atoms with van der Waals surface area (Å²) >= 11 is 13.9. The van der Waals surface area contributed by atoms with Gasteiger partial charge in [-0.1, -0.05) is 23.2 Å². The molecule has 1 aromatic heterocycles. The molecule has 31 heavy (non-hydrogen) atoms. The third-order valence-electron chi connectivity index (χ3n) is 4.05. The lowest BCUT2D eigenvalue weighted by Gasteiger charge is -2.49. The van der Waals surface area contributed by atoms with Gasteiger partial charge in [-0.2, -0.15) is 0 Å². The molecular weight excluding hydrogens is 497 g/mol. The van der Waals surface area contributed by atoms with Crippen molar-refractivity contribution in [3.63, 3.8) is 0 Å². The minimum atomic E-state index is -1.67. The maximum absolute atomic E-state index is 12.7. The SMILES string of the molecule is NC(=O)OCC1=C(OC(=O)O)N2C(=O)C(NC(=O)C(=C(Cl)Cl)c3csc(N)n3)[C@@H]2SC1. The molecule has 166 valence electrons. The summed E-state index contributed by atoms with van der Waals surface area (Å²) in [6.07, 6.45) is -2.74.